The number of hydrogen-bond donors (Lipinski definition) is 3. The number of rotatable bonds is 8. The number of carbonyl (C=O) groups is 3. The number of fused-ring (bicyclic) bond motifs is 1. The van der Waals surface area contributed by atoms with Crippen LogP contribution in [0.1, 0.15) is 65.1 Å². The van der Waals surface area contributed by atoms with Gasteiger partial charge in [0.2, 0.25) is 5.91 Å². The molecule has 0 aliphatic carbocycles. The third-order valence-corrected chi connectivity index (χ3v) is 6.53. The van der Waals surface area contributed by atoms with Gasteiger partial charge in [0, 0.05) is 17.3 Å². The van der Waals surface area contributed by atoms with Crippen molar-refractivity contribution >= 4 is 34.4 Å². The molecular formula is C31H39N3O5. The molecule has 0 aromatic heterocycles. The minimum atomic E-state index is -1.17. The Hall–Kier alpha value is -4.07. The van der Waals surface area contributed by atoms with Crippen LogP contribution < -0.4 is 10.6 Å². The number of hydrogen-bond acceptors (Lipinski definition) is 5. The molecule has 0 saturated heterocycles. The van der Waals surface area contributed by atoms with Crippen LogP contribution in [0, 0.1) is 6.92 Å². The third-order valence-electron chi connectivity index (χ3n) is 6.53. The van der Waals surface area contributed by atoms with E-state index in [-0.39, 0.29) is 5.75 Å². The summed E-state index contributed by atoms with van der Waals surface area (Å²) in [5.41, 5.74) is 0.699. The van der Waals surface area contributed by atoms with Gasteiger partial charge in [0.25, 0.3) is 5.91 Å². The summed E-state index contributed by atoms with van der Waals surface area (Å²) in [5, 5.41) is 18.5. The number of para-hydroxylation sites is 1. The Balaban J connectivity index is 2.03. The molecule has 0 spiro atoms. The molecule has 3 amide bonds. The second-order valence-corrected chi connectivity index (χ2v) is 10.8. The topological polar surface area (TPSA) is 108 Å². The summed E-state index contributed by atoms with van der Waals surface area (Å²) < 4.78 is 5.33. The molecule has 208 valence electrons. The number of amides is 3. The quantitative estimate of drug-likeness (QED) is 0.326. The first-order valence-corrected chi connectivity index (χ1v) is 13.2. The van der Waals surface area contributed by atoms with Gasteiger partial charge >= 0.3 is 6.09 Å². The summed E-state index contributed by atoms with van der Waals surface area (Å²) in [6.07, 6.45) is -0.194. The number of alkyl carbamates (subject to hydrolysis) is 1. The number of aromatic hydroxyl groups is 1. The van der Waals surface area contributed by atoms with E-state index in [9.17, 15) is 19.5 Å². The number of carbonyl (C=O) groups excluding carboxylic acids is 3. The summed E-state index contributed by atoms with van der Waals surface area (Å²) in [5.74, 6) is -1.02. The molecule has 0 heterocycles. The molecule has 3 aromatic carbocycles. The highest BCUT2D eigenvalue weighted by molar-refractivity contribution is 6.00. The van der Waals surface area contributed by atoms with E-state index < -0.39 is 41.6 Å². The van der Waals surface area contributed by atoms with Gasteiger partial charge < -0.3 is 25.4 Å². The zero-order valence-electron chi connectivity index (χ0n) is 23.7. The lowest BCUT2D eigenvalue weighted by Gasteiger charge is -2.38. The molecule has 0 radical (unpaired) electrons. The van der Waals surface area contributed by atoms with Crippen molar-refractivity contribution in [3.63, 3.8) is 0 Å². The SMILES string of the molecule is CCC(C)N(C(=O)C(C)NC(=O)OC(C)(C)C)C(C(=O)Nc1ccc2ccccc2c1)c1cccc(C)c1O. The lowest BCUT2D eigenvalue weighted by Crippen LogP contribution is -2.53. The zero-order chi connectivity index (χ0) is 28.9. The predicted octanol–water partition coefficient (Wildman–Crippen LogP) is 6.07. The summed E-state index contributed by atoms with van der Waals surface area (Å²) in [6, 6.07) is 15.9. The number of aryl methyl sites for hydroxylation is 1. The van der Waals surface area contributed by atoms with Crippen LogP contribution >= 0.6 is 0 Å². The molecule has 0 aliphatic heterocycles. The van der Waals surface area contributed by atoms with Crippen molar-refractivity contribution in [1.82, 2.24) is 10.2 Å². The number of ether oxygens (including phenoxy) is 1. The fraction of sp³-hybridized carbons (Fsp3) is 0.387. The normalized spacial score (nSPS) is 13.7. The van der Waals surface area contributed by atoms with Crippen molar-refractivity contribution in [2.24, 2.45) is 0 Å². The van der Waals surface area contributed by atoms with Crippen LogP contribution in [0.5, 0.6) is 5.75 Å². The highest BCUT2D eigenvalue weighted by atomic mass is 16.6. The maximum absolute atomic E-state index is 14.0. The van der Waals surface area contributed by atoms with Crippen LogP contribution in [0.3, 0.4) is 0 Å². The Labute approximate surface area is 230 Å². The smallest absolute Gasteiger partial charge is 0.408 e. The summed E-state index contributed by atoms with van der Waals surface area (Å²) in [7, 11) is 0. The first kappa shape index (κ1) is 29.5. The Morgan fingerprint density at radius 3 is 2.28 bits per heavy atom. The average molecular weight is 534 g/mol. The van der Waals surface area contributed by atoms with E-state index in [0.29, 0.717) is 23.2 Å². The van der Waals surface area contributed by atoms with Crippen molar-refractivity contribution in [2.75, 3.05) is 5.32 Å². The molecule has 3 rings (SSSR count). The number of nitrogens with zero attached hydrogens (tertiary/aromatic N) is 1. The second-order valence-electron chi connectivity index (χ2n) is 10.8. The van der Waals surface area contributed by atoms with Gasteiger partial charge in [-0.15, -0.1) is 0 Å². The molecule has 39 heavy (non-hydrogen) atoms. The van der Waals surface area contributed by atoms with E-state index in [1.807, 2.05) is 50.2 Å². The van der Waals surface area contributed by atoms with Crippen molar-refractivity contribution in [3.8, 4) is 5.75 Å². The van der Waals surface area contributed by atoms with E-state index in [4.69, 9.17) is 4.74 Å². The second kappa shape index (κ2) is 12.2. The molecule has 3 atom stereocenters. The highest BCUT2D eigenvalue weighted by Crippen LogP contribution is 2.35. The Morgan fingerprint density at radius 2 is 1.64 bits per heavy atom. The molecule has 3 aromatic rings. The molecule has 0 fully saturated rings. The minimum Gasteiger partial charge on any atom is -0.507 e. The van der Waals surface area contributed by atoms with Crippen LogP contribution in [0.2, 0.25) is 0 Å². The van der Waals surface area contributed by atoms with E-state index >= 15 is 0 Å². The summed E-state index contributed by atoms with van der Waals surface area (Å²) in [4.78, 5) is 41.7. The molecular weight excluding hydrogens is 494 g/mol. The van der Waals surface area contributed by atoms with Gasteiger partial charge in [-0.2, -0.15) is 0 Å². The minimum absolute atomic E-state index is 0.0648. The fourth-order valence-electron chi connectivity index (χ4n) is 4.36. The van der Waals surface area contributed by atoms with Gasteiger partial charge in [0.15, 0.2) is 0 Å². The fourth-order valence-corrected chi connectivity index (χ4v) is 4.36. The van der Waals surface area contributed by atoms with Crippen LogP contribution in [0.4, 0.5) is 10.5 Å². The first-order chi connectivity index (χ1) is 18.3. The van der Waals surface area contributed by atoms with E-state index in [1.165, 1.54) is 4.90 Å². The maximum atomic E-state index is 14.0. The standard InChI is InChI=1S/C31H39N3O5/c1-8-20(3)34(29(37)21(4)32-30(38)39-31(5,6)7)26(25-15-11-12-19(2)27(25)35)28(36)33-24-17-16-22-13-9-10-14-23(22)18-24/h9-18,20-21,26,35H,8H2,1-7H3,(H,32,38)(H,33,36). The average Bonchev–Trinajstić information content (AvgIpc) is 2.87. The molecule has 0 saturated carbocycles. The molecule has 8 heteroatoms. The first-order valence-electron chi connectivity index (χ1n) is 13.2. The van der Waals surface area contributed by atoms with E-state index in [1.54, 1.807) is 58.9 Å². The monoisotopic (exact) mass is 533 g/mol. The van der Waals surface area contributed by atoms with Crippen molar-refractivity contribution in [1.29, 1.82) is 0 Å². The number of nitrogens with one attached hydrogen (secondary N) is 2. The summed E-state index contributed by atoms with van der Waals surface area (Å²) >= 11 is 0. The molecule has 3 unspecified atom stereocenters. The lowest BCUT2D eigenvalue weighted by atomic mass is 9.97. The number of anilines is 1. The van der Waals surface area contributed by atoms with Gasteiger partial charge in [-0.3, -0.25) is 9.59 Å². The zero-order valence-corrected chi connectivity index (χ0v) is 23.7. The third kappa shape index (κ3) is 7.28. The largest absolute Gasteiger partial charge is 0.507 e. The Bertz CT molecular complexity index is 1350. The molecule has 8 nitrogen and oxygen atoms in total. The van der Waals surface area contributed by atoms with Crippen molar-refractivity contribution in [2.45, 2.75) is 78.6 Å². The van der Waals surface area contributed by atoms with Crippen LogP contribution in [0.15, 0.2) is 60.7 Å². The van der Waals surface area contributed by atoms with Crippen LogP contribution in [-0.4, -0.2) is 45.6 Å². The highest BCUT2D eigenvalue weighted by Gasteiger charge is 2.38. The molecule has 0 bridgehead atoms. The van der Waals surface area contributed by atoms with E-state index in [0.717, 1.165) is 10.8 Å². The number of phenols is 1. The lowest BCUT2D eigenvalue weighted by molar-refractivity contribution is -0.143. The van der Waals surface area contributed by atoms with Crippen LogP contribution in [-0.2, 0) is 14.3 Å². The van der Waals surface area contributed by atoms with Gasteiger partial charge in [0.05, 0.1) is 0 Å². The van der Waals surface area contributed by atoms with Crippen LogP contribution in [0.25, 0.3) is 10.8 Å². The van der Waals surface area contributed by atoms with Crippen molar-refractivity contribution < 1.29 is 24.2 Å². The van der Waals surface area contributed by atoms with Gasteiger partial charge in [-0.25, -0.2) is 4.79 Å². The van der Waals surface area contributed by atoms with E-state index in [2.05, 4.69) is 10.6 Å². The Morgan fingerprint density at radius 1 is 0.974 bits per heavy atom. The van der Waals surface area contributed by atoms with Crippen molar-refractivity contribution in [3.05, 3.63) is 71.8 Å². The van der Waals surface area contributed by atoms with Gasteiger partial charge in [-0.1, -0.05) is 55.5 Å². The number of benzene rings is 3. The molecule has 3 N–H and O–H groups in total. The Kier molecular flexibility index (Phi) is 9.22. The summed E-state index contributed by atoms with van der Waals surface area (Å²) in [6.45, 7) is 12.2. The maximum Gasteiger partial charge on any atom is 0.408 e. The predicted molar refractivity (Wildman–Crippen MR) is 154 cm³/mol. The number of phenolic OH excluding ortho intramolecular Hbond substituents is 1. The van der Waals surface area contributed by atoms with Gasteiger partial charge in [0.1, 0.15) is 23.4 Å². The van der Waals surface area contributed by atoms with Gasteiger partial charge in [-0.05, 0) is 76.4 Å². The molecule has 0 aliphatic rings.